The van der Waals surface area contributed by atoms with Gasteiger partial charge in [-0.2, -0.15) is 13.2 Å². The first-order chi connectivity index (χ1) is 6.13. The molecule has 0 aliphatic carbocycles. The Morgan fingerprint density at radius 1 is 1.43 bits per heavy atom. The lowest BCUT2D eigenvalue weighted by Crippen LogP contribution is -2.38. The second-order valence-corrected chi connectivity index (χ2v) is 3.32. The molecule has 0 radical (unpaired) electrons. The first kappa shape index (κ1) is 13.4. The number of hydrogen-bond acceptors (Lipinski definition) is 3. The summed E-state index contributed by atoms with van der Waals surface area (Å²) in [6, 6.07) is 0. The topological polar surface area (TPSA) is 95.9 Å². The summed E-state index contributed by atoms with van der Waals surface area (Å²) in [6.07, 6.45) is -5.01. The molecule has 0 rings (SSSR count). The van der Waals surface area contributed by atoms with E-state index in [1.54, 1.807) is 0 Å². The van der Waals surface area contributed by atoms with Crippen molar-refractivity contribution in [2.45, 2.75) is 6.18 Å². The second-order valence-electron chi connectivity index (χ2n) is 2.08. The maximum absolute atomic E-state index is 11.5. The predicted molar refractivity (Wildman–Crippen MR) is 37.1 cm³/mol. The average Bonchev–Trinajstić information content (AvgIpc) is 1.93. The van der Waals surface area contributed by atoms with Crippen molar-refractivity contribution in [2.75, 3.05) is 13.2 Å². The lowest BCUT2D eigenvalue weighted by molar-refractivity contribution is -0.173. The van der Waals surface area contributed by atoms with Crippen LogP contribution in [0.5, 0.6) is 0 Å². The molecular weight excluding hydrogens is 230 g/mol. The van der Waals surface area contributed by atoms with E-state index in [0.717, 1.165) is 0 Å². The molecule has 0 unspecified atom stereocenters. The molecule has 0 saturated carbocycles. The van der Waals surface area contributed by atoms with Crippen LogP contribution in [0.3, 0.4) is 0 Å². The normalized spacial score (nSPS) is 12.6. The Kier molecular flexibility index (Phi) is 4.53. The predicted octanol–water partition coefficient (Wildman–Crippen LogP) is -0.226. The molecule has 0 spiro atoms. The Balaban J connectivity index is 3.67. The second kappa shape index (κ2) is 4.74. The van der Waals surface area contributed by atoms with Gasteiger partial charge in [-0.15, -0.1) is 0 Å². The largest absolute Gasteiger partial charge is 0.471 e. The number of amides is 1. The first-order valence-electron chi connectivity index (χ1n) is 3.18. The van der Waals surface area contributed by atoms with Crippen LogP contribution in [-0.4, -0.2) is 35.0 Å². The van der Waals surface area contributed by atoms with E-state index in [1.165, 1.54) is 5.32 Å². The summed E-state index contributed by atoms with van der Waals surface area (Å²) < 4.78 is 48.3. The molecule has 0 aliphatic heterocycles. The molecule has 3 N–H and O–H groups in total. The van der Waals surface area contributed by atoms with Crippen molar-refractivity contribution in [3.63, 3.8) is 0 Å². The minimum absolute atomic E-state index is 0.635. The fraction of sp³-hybridized carbons (Fsp3) is 0.750. The molecule has 0 aromatic carbocycles. The zero-order valence-electron chi connectivity index (χ0n) is 6.61. The van der Waals surface area contributed by atoms with Crippen LogP contribution in [0.2, 0.25) is 0 Å². The van der Waals surface area contributed by atoms with E-state index < -0.39 is 33.1 Å². The minimum atomic E-state index is -5.01. The number of rotatable bonds is 4. The molecule has 14 heavy (non-hydrogen) atoms. The Labute approximate surface area is 76.3 Å². The van der Waals surface area contributed by atoms with Gasteiger partial charge in [0.25, 0.3) is 0 Å². The van der Waals surface area contributed by atoms with Crippen LogP contribution >= 0.6 is 7.82 Å². The smallest absolute Gasteiger partial charge is 0.346 e. The van der Waals surface area contributed by atoms with Crippen LogP contribution in [0.25, 0.3) is 0 Å². The number of alkyl halides is 3. The summed E-state index contributed by atoms with van der Waals surface area (Å²) in [5.74, 6) is -2.19. The molecule has 84 valence electrons. The van der Waals surface area contributed by atoms with Crippen molar-refractivity contribution in [2.24, 2.45) is 0 Å². The van der Waals surface area contributed by atoms with E-state index in [0.29, 0.717) is 0 Å². The molecule has 0 heterocycles. The number of nitrogens with one attached hydrogen (secondary N) is 1. The molecule has 6 nitrogen and oxygen atoms in total. The lowest BCUT2D eigenvalue weighted by Gasteiger charge is -2.08. The van der Waals surface area contributed by atoms with Crippen molar-refractivity contribution in [3.05, 3.63) is 0 Å². The summed E-state index contributed by atoms with van der Waals surface area (Å²) >= 11 is 0. The van der Waals surface area contributed by atoms with E-state index in [4.69, 9.17) is 9.79 Å². The third kappa shape index (κ3) is 6.84. The van der Waals surface area contributed by atoms with Crippen LogP contribution in [0.1, 0.15) is 0 Å². The van der Waals surface area contributed by atoms with Gasteiger partial charge in [-0.25, -0.2) is 4.57 Å². The number of hydrogen-bond donors (Lipinski definition) is 3. The molecule has 0 aromatic rings. The minimum Gasteiger partial charge on any atom is -0.346 e. The van der Waals surface area contributed by atoms with E-state index in [1.807, 2.05) is 0 Å². The van der Waals surface area contributed by atoms with Gasteiger partial charge in [0.15, 0.2) is 0 Å². The number of carbonyl (C=O) groups is 1. The first-order valence-corrected chi connectivity index (χ1v) is 4.71. The highest BCUT2D eigenvalue weighted by Gasteiger charge is 2.38. The number of halogens is 3. The van der Waals surface area contributed by atoms with Gasteiger partial charge in [-0.05, 0) is 0 Å². The Morgan fingerprint density at radius 3 is 2.29 bits per heavy atom. The van der Waals surface area contributed by atoms with Crippen LogP contribution in [-0.2, 0) is 13.9 Å². The van der Waals surface area contributed by atoms with E-state index >= 15 is 0 Å². The zero-order chi connectivity index (χ0) is 11.4. The van der Waals surface area contributed by atoms with Gasteiger partial charge in [-0.3, -0.25) is 9.32 Å². The molecule has 0 aliphatic rings. The van der Waals surface area contributed by atoms with Gasteiger partial charge in [0.1, 0.15) is 0 Å². The van der Waals surface area contributed by atoms with Crippen LogP contribution < -0.4 is 5.32 Å². The molecular formula is C4H7F3NO5P. The van der Waals surface area contributed by atoms with Crippen molar-refractivity contribution < 1.29 is 36.8 Å². The summed E-state index contributed by atoms with van der Waals surface area (Å²) in [6.45, 7) is -1.34. The van der Waals surface area contributed by atoms with Crippen molar-refractivity contribution >= 4 is 13.7 Å². The third-order valence-corrected chi connectivity index (χ3v) is 1.42. The monoisotopic (exact) mass is 237 g/mol. The van der Waals surface area contributed by atoms with Crippen molar-refractivity contribution in [1.29, 1.82) is 0 Å². The lowest BCUT2D eigenvalue weighted by atomic mass is 10.5. The van der Waals surface area contributed by atoms with Crippen LogP contribution in [0.4, 0.5) is 13.2 Å². The van der Waals surface area contributed by atoms with Crippen molar-refractivity contribution in [3.8, 4) is 0 Å². The maximum atomic E-state index is 11.5. The van der Waals surface area contributed by atoms with Gasteiger partial charge in [0, 0.05) is 6.54 Å². The average molecular weight is 237 g/mol. The number of carbonyl (C=O) groups excluding carboxylic acids is 1. The molecule has 0 aromatic heterocycles. The van der Waals surface area contributed by atoms with Crippen LogP contribution in [0.15, 0.2) is 0 Å². The fourth-order valence-electron chi connectivity index (χ4n) is 0.429. The van der Waals surface area contributed by atoms with Gasteiger partial charge in [0.2, 0.25) is 0 Å². The van der Waals surface area contributed by atoms with Gasteiger partial charge < -0.3 is 15.1 Å². The van der Waals surface area contributed by atoms with E-state index in [2.05, 4.69) is 4.52 Å². The third-order valence-electron chi connectivity index (χ3n) is 0.905. The van der Waals surface area contributed by atoms with Gasteiger partial charge >= 0.3 is 19.9 Å². The van der Waals surface area contributed by atoms with Gasteiger partial charge in [-0.1, -0.05) is 0 Å². The summed E-state index contributed by atoms with van der Waals surface area (Å²) in [4.78, 5) is 26.3. The zero-order valence-corrected chi connectivity index (χ0v) is 7.51. The molecule has 0 bridgehead atoms. The molecule has 0 fully saturated rings. The number of phosphoric acid groups is 1. The highest BCUT2D eigenvalue weighted by atomic mass is 31.2. The molecule has 0 saturated heterocycles. The number of phosphoric ester groups is 1. The van der Waals surface area contributed by atoms with Crippen LogP contribution in [0, 0.1) is 0 Å². The highest BCUT2D eigenvalue weighted by Crippen LogP contribution is 2.35. The fourth-order valence-corrected chi connectivity index (χ4v) is 0.758. The Hall–Kier alpha value is -0.630. The maximum Gasteiger partial charge on any atom is 0.471 e. The highest BCUT2D eigenvalue weighted by molar-refractivity contribution is 7.46. The summed E-state index contributed by atoms with van der Waals surface area (Å²) in [7, 11) is -4.70. The summed E-state index contributed by atoms with van der Waals surface area (Å²) in [5.41, 5.74) is 0. The SMILES string of the molecule is O=C(NCCOP(=O)(O)O)C(F)(F)F. The standard InChI is InChI=1S/C4H7F3NO5P/c5-4(6,7)3(9)8-1-2-13-14(10,11)12/h1-2H2,(H,8,9)(H2,10,11,12). The Morgan fingerprint density at radius 2 is 1.93 bits per heavy atom. The van der Waals surface area contributed by atoms with Gasteiger partial charge in [0.05, 0.1) is 6.61 Å². The molecule has 10 heteroatoms. The summed E-state index contributed by atoms with van der Waals surface area (Å²) in [5, 5.41) is 1.36. The molecule has 0 atom stereocenters. The van der Waals surface area contributed by atoms with E-state index in [-0.39, 0.29) is 0 Å². The quantitative estimate of drug-likeness (QED) is 0.463. The van der Waals surface area contributed by atoms with Crippen molar-refractivity contribution in [1.82, 2.24) is 5.32 Å². The van der Waals surface area contributed by atoms with E-state index in [9.17, 15) is 22.5 Å². The molecule has 1 amide bonds. The Bertz CT molecular complexity index is 248.